The summed E-state index contributed by atoms with van der Waals surface area (Å²) < 4.78 is 15.5. The molecule has 290 valence electrons. The molecule has 0 radical (unpaired) electrons. The van der Waals surface area contributed by atoms with Crippen LogP contribution in [0, 0.1) is 0 Å². The summed E-state index contributed by atoms with van der Waals surface area (Å²) in [6.07, 6.45) is 0. The largest absolute Gasteiger partial charge is 0.456 e. The Hall–Kier alpha value is -8.34. The third-order valence-electron chi connectivity index (χ3n) is 12.5. The number of anilines is 3. The second-order valence-corrected chi connectivity index (χ2v) is 16.1. The van der Waals surface area contributed by atoms with Crippen LogP contribution in [0.1, 0.15) is 0 Å². The molecule has 3 heterocycles. The quantitative estimate of drug-likeness (QED) is 0.168. The molecule has 13 rings (SSSR count). The van der Waals surface area contributed by atoms with E-state index in [1.165, 1.54) is 32.6 Å². The molecule has 3 aromatic heterocycles. The molecule has 10 aromatic carbocycles. The van der Waals surface area contributed by atoms with E-state index < -0.39 is 0 Å². The van der Waals surface area contributed by atoms with Gasteiger partial charge in [0.2, 0.25) is 0 Å². The van der Waals surface area contributed by atoms with E-state index in [-0.39, 0.29) is 0 Å². The Kier molecular flexibility index (Phi) is 7.57. The van der Waals surface area contributed by atoms with Gasteiger partial charge in [-0.25, -0.2) is 0 Å². The number of rotatable bonds is 6. The Balaban J connectivity index is 1.03. The first-order valence-corrected chi connectivity index (χ1v) is 21.1. The fraction of sp³-hybridized carbons (Fsp3) is 0. The second-order valence-electron chi connectivity index (χ2n) is 16.1. The van der Waals surface area contributed by atoms with Crippen LogP contribution in [0.15, 0.2) is 227 Å². The third-order valence-corrected chi connectivity index (χ3v) is 12.5. The molecule has 4 nitrogen and oxygen atoms in total. The minimum atomic E-state index is 0.863. The molecule has 0 fully saturated rings. The van der Waals surface area contributed by atoms with Crippen LogP contribution in [0.25, 0.3) is 104 Å². The van der Waals surface area contributed by atoms with Crippen LogP contribution in [-0.4, -0.2) is 4.57 Å². The van der Waals surface area contributed by atoms with E-state index in [0.29, 0.717) is 0 Å². The highest BCUT2D eigenvalue weighted by Crippen LogP contribution is 2.45. The van der Waals surface area contributed by atoms with Crippen molar-refractivity contribution < 1.29 is 8.83 Å². The average molecular weight is 793 g/mol. The summed E-state index contributed by atoms with van der Waals surface area (Å²) in [5, 5.41) is 9.26. The zero-order chi connectivity index (χ0) is 40.7. The number of benzene rings is 10. The number of hydrogen-bond donors (Lipinski definition) is 0. The van der Waals surface area contributed by atoms with Gasteiger partial charge in [-0.2, -0.15) is 0 Å². The fourth-order valence-electron chi connectivity index (χ4n) is 9.74. The predicted octanol–water partition coefficient (Wildman–Crippen LogP) is 16.5. The monoisotopic (exact) mass is 792 g/mol. The number of nitrogens with zero attached hydrogens (tertiary/aromatic N) is 2. The molecule has 0 amide bonds. The van der Waals surface area contributed by atoms with Crippen LogP contribution < -0.4 is 4.90 Å². The molecule has 0 saturated carbocycles. The van der Waals surface area contributed by atoms with Crippen molar-refractivity contribution in [2.45, 2.75) is 0 Å². The molecule has 13 aromatic rings. The standard InChI is InChI=1S/C58H36N2O2/c1-2-14-39-33-43(32-27-37(39)13-1)59(41-30-28-38(29-31-41)45-21-12-26-56-57(45)49-20-6-10-25-55(49)61-56)44-35-50(58-51(36-44)48-19-5-9-24-54(48)62-58)40-15-11-16-42(34-40)60-52-22-7-3-17-46(52)47-18-4-8-23-53(47)60/h1-36H. The third kappa shape index (κ3) is 5.33. The molecule has 0 spiro atoms. The lowest BCUT2D eigenvalue weighted by atomic mass is 9.98. The van der Waals surface area contributed by atoms with Crippen molar-refractivity contribution in [3.05, 3.63) is 218 Å². The van der Waals surface area contributed by atoms with Gasteiger partial charge < -0.3 is 18.3 Å². The summed E-state index contributed by atoms with van der Waals surface area (Å²) in [5.41, 5.74) is 14.5. The lowest BCUT2D eigenvalue weighted by Gasteiger charge is -2.27. The molecule has 0 aliphatic rings. The minimum absolute atomic E-state index is 0.863. The van der Waals surface area contributed by atoms with Gasteiger partial charge in [-0.3, -0.25) is 0 Å². The summed E-state index contributed by atoms with van der Waals surface area (Å²) in [5.74, 6) is 0. The first-order chi connectivity index (χ1) is 30.7. The Labute approximate surface area is 356 Å². The van der Waals surface area contributed by atoms with Crippen molar-refractivity contribution in [3.63, 3.8) is 0 Å². The highest BCUT2D eigenvalue weighted by Gasteiger charge is 2.22. The van der Waals surface area contributed by atoms with E-state index in [1.807, 2.05) is 18.2 Å². The van der Waals surface area contributed by atoms with Gasteiger partial charge in [0.1, 0.15) is 22.3 Å². The zero-order valence-electron chi connectivity index (χ0n) is 33.5. The molecule has 0 saturated heterocycles. The Bertz CT molecular complexity index is 3830. The van der Waals surface area contributed by atoms with Crippen LogP contribution in [0.4, 0.5) is 17.1 Å². The highest BCUT2D eigenvalue weighted by molar-refractivity contribution is 6.14. The first kappa shape index (κ1) is 34.5. The number of hydrogen-bond acceptors (Lipinski definition) is 3. The Morgan fingerprint density at radius 1 is 0.339 bits per heavy atom. The normalized spacial score (nSPS) is 11.9. The minimum Gasteiger partial charge on any atom is -0.456 e. The molecule has 0 bridgehead atoms. The molecule has 0 aliphatic carbocycles. The number of aromatic nitrogens is 1. The van der Waals surface area contributed by atoms with Gasteiger partial charge in [-0.1, -0.05) is 140 Å². The maximum absolute atomic E-state index is 6.80. The second kappa shape index (κ2) is 13.6. The van der Waals surface area contributed by atoms with Crippen molar-refractivity contribution in [2.24, 2.45) is 0 Å². The number of fused-ring (bicyclic) bond motifs is 10. The van der Waals surface area contributed by atoms with Gasteiger partial charge in [-0.15, -0.1) is 0 Å². The maximum atomic E-state index is 6.80. The van der Waals surface area contributed by atoms with Crippen molar-refractivity contribution in [1.82, 2.24) is 4.57 Å². The molecule has 0 atom stereocenters. The van der Waals surface area contributed by atoms with E-state index in [9.17, 15) is 0 Å². The van der Waals surface area contributed by atoms with Gasteiger partial charge in [0.05, 0.1) is 11.0 Å². The first-order valence-electron chi connectivity index (χ1n) is 21.1. The lowest BCUT2D eigenvalue weighted by Crippen LogP contribution is -2.10. The zero-order valence-corrected chi connectivity index (χ0v) is 33.5. The van der Waals surface area contributed by atoms with Crippen LogP contribution in [0.2, 0.25) is 0 Å². The molecule has 0 unspecified atom stereocenters. The fourth-order valence-corrected chi connectivity index (χ4v) is 9.74. The van der Waals surface area contributed by atoms with Crippen molar-refractivity contribution in [1.29, 1.82) is 0 Å². The predicted molar refractivity (Wildman–Crippen MR) is 258 cm³/mol. The molecule has 62 heavy (non-hydrogen) atoms. The molecular weight excluding hydrogens is 757 g/mol. The lowest BCUT2D eigenvalue weighted by molar-refractivity contribution is 0.669. The van der Waals surface area contributed by atoms with Gasteiger partial charge in [0.15, 0.2) is 0 Å². The van der Waals surface area contributed by atoms with Crippen LogP contribution in [0.3, 0.4) is 0 Å². The van der Waals surface area contributed by atoms with E-state index in [2.05, 4.69) is 210 Å². The summed E-state index contributed by atoms with van der Waals surface area (Å²) in [6.45, 7) is 0. The molecule has 0 N–H and O–H groups in total. The summed E-state index contributed by atoms with van der Waals surface area (Å²) in [7, 11) is 0. The van der Waals surface area contributed by atoms with E-state index >= 15 is 0 Å². The van der Waals surface area contributed by atoms with Crippen molar-refractivity contribution in [2.75, 3.05) is 4.90 Å². The van der Waals surface area contributed by atoms with Crippen molar-refractivity contribution >= 4 is 93.5 Å². The molecular formula is C58H36N2O2. The van der Waals surface area contributed by atoms with E-state index in [0.717, 1.165) is 88.9 Å². The van der Waals surface area contributed by atoms with Crippen molar-refractivity contribution in [3.8, 4) is 27.9 Å². The highest BCUT2D eigenvalue weighted by atomic mass is 16.3. The van der Waals surface area contributed by atoms with Gasteiger partial charge in [-0.05, 0) is 106 Å². The van der Waals surface area contributed by atoms with E-state index in [1.54, 1.807) is 0 Å². The summed E-state index contributed by atoms with van der Waals surface area (Å²) in [4.78, 5) is 2.38. The van der Waals surface area contributed by atoms with Gasteiger partial charge >= 0.3 is 0 Å². The molecule has 0 aliphatic heterocycles. The maximum Gasteiger partial charge on any atom is 0.143 e. The smallest absolute Gasteiger partial charge is 0.143 e. The topological polar surface area (TPSA) is 34.5 Å². The Morgan fingerprint density at radius 2 is 0.968 bits per heavy atom. The van der Waals surface area contributed by atoms with Gasteiger partial charge in [0.25, 0.3) is 0 Å². The summed E-state index contributed by atoms with van der Waals surface area (Å²) >= 11 is 0. The average Bonchev–Trinajstić information content (AvgIpc) is 4.02. The number of para-hydroxylation sites is 4. The molecule has 4 heteroatoms. The van der Waals surface area contributed by atoms with Gasteiger partial charge in [0, 0.05) is 60.6 Å². The summed E-state index contributed by atoms with van der Waals surface area (Å²) in [6, 6.07) is 78.1. The Morgan fingerprint density at radius 3 is 1.76 bits per heavy atom. The van der Waals surface area contributed by atoms with Crippen LogP contribution >= 0.6 is 0 Å². The van der Waals surface area contributed by atoms with Crippen LogP contribution in [-0.2, 0) is 0 Å². The number of furan rings is 2. The van der Waals surface area contributed by atoms with Crippen LogP contribution in [0.5, 0.6) is 0 Å². The SMILES string of the molecule is c1cc(-c2cc(N(c3ccc(-c4cccc5oc6ccccc6c45)cc3)c3ccc4ccccc4c3)cc3c2oc2ccccc23)cc(-n2c3ccccc3c3ccccc32)c1. The van der Waals surface area contributed by atoms with E-state index in [4.69, 9.17) is 8.83 Å².